The summed E-state index contributed by atoms with van der Waals surface area (Å²) in [6.45, 7) is 0.295. The lowest BCUT2D eigenvalue weighted by Crippen LogP contribution is -2.28. The topological polar surface area (TPSA) is 92.5 Å². The van der Waals surface area contributed by atoms with Crippen LogP contribution in [0.1, 0.15) is 37.7 Å². The van der Waals surface area contributed by atoms with E-state index >= 15 is 0 Å². The number of imide groups is 1. The van der Waals surface area contributed by atoms with Crippen LogP contribution in [-0.2, 0) is 20.9 Å². The maximum absolute atomic E-state index is 12.1. The van der Waals surface area contributed by atoms with E-state index in [1.807, 2.05) is 12.1 Å². The molecular formula is C17H22ClN3O3. The predicted octanol–water partition coefficient (Wildman–Crippen LogP) is 1.82. The molecule has 2 aliphatic rings. The minimum absolute atomic E-state index is 0. The van der Waals surface area contributed by atoms with E-state index in [2.05, 4.69) is 5.32 Å². The summed E-state index contributed by atoms with van der Waals surface area (Å²) in [6.07, 6.45) is 3.08. The summed E-state index contributed by atoms with van der Waals surface area (Å²) in [5.74, 6) is -0.241. The van der Waals surface area contributed by atoms with Gasteiger partial charge in [0, 0.05) is 30.5 Å². The van der Waals surface area contributed by atoms with Crippen molar-refractivity contribution in [3.05, 3.63) is 29.8 Å². The van der Waals surface area contributed by atoms with Gasteiger partial charge in [-0.3, -0.25) is 19.3 Å². The summed E-state index contributed by atoms with van der Waals surface area (Å²) in [5, 5.41) is 2.90. The SMILES string of the molecule is Cl.NC1CCC(C(=O)Nc2ccc(CN3C(=O)CCC3=O)cc2)C1. The van der Waals surface area contributed by atoms with Gasteiger partial charge in [0.1, 0.15) is 0 Å². The number of amides is 3. The summed E-state index contributed by atoms with van der Waals surface area (Å²) >= 11 is 0. The molecule has 2 atom stereocenters. The average molecular weight is 352 g/mol. The highest BCUT2D eigenvalue weighted by Gasteiger charge is 2.29. The van der Waals surface area contributed by atoms with E-state index in [-0.39, 0.29) is 42.1 Å². The second kappa shape index (κ2) is 7.77. The fourth-order valence-corrected chi connectivity index (χ4v) is 3.17. The molecule has 0 spiro atoms. The molecule has 2 fully saturated rings. The van der Waals surface area contributed by atoms with E-state index in [4.69, 9.17) is 5.73 Å². The van der Waals surface area contributed by atoms with E-state index in [9.17, 15) is 14.4 Å². The lowest BCUT2D eigenvalue weighted by molar-refractivity contribution is -0.139. The number of nitrogens with two attached hydrogens (primary N) is 1. The van der Waals surface area contributed by atoms with Crippen LogP contribution < -0.4 is 11.1 Å². The molecule has 1 aromatic rings. The lowest BCUT2D eigenvalue weighted by atomic mass is 10.1. The quantitative estimate of drug-likeness (QED) is 0.809. The Balaban J connectivity index is 0.00000208. The van der Waals surface area contributed by atoms with E-state index in [0.29, 0.717) is 19.4 Å². The molecule has 0 aromatic heterocycles. The molecule has 24 heavy (non-hydrogen) atoms. The minimum atomic E-state index is -0.120. The number of nitrogens with zero attached hydrogens (tertiary/aromatic N) is 1. The van der Waals surface area contributed by atoms with E-state index in [0.717, 1.165) is 30.5 Å². The van der Waals surface area contributed by atoms with Crippen molar-refractivity contribution in [2.24, 2.45) is 11.7 Å². The Morgan fingerprint density at radius 1 is 1.12 bits per heavy atom. The van der Waals surface area contributed by atoms with E-state index < -0.39 is 0 Å². The molecule has 3 amide bonds. The number of rotatable bonds is 4. The van der Waals surface area contributed by atoms with Gasteiger partial charge in [0.05, 0.1) is 6.54 Å². The van der Waals surface area contributed by atoms with Gasteiger partial charge < -0.3 is 11.1 Å². The molecule has 3 N–H and O–H groups in total. The van der Waals surface area contributed by atoms with E-state index in [1.165, 1.54) is 4.90 Å². The zero-order valence-corrected chi connectivity index (χ0v) is 14.2. The number of halogens is 1. The molecule has 1 aliphatic heterocycles. The van der Waals surface area contributed by atoms with Crippen molar-refractivity contribution in [2.75, 3.05) is 5.32 Å². The van der Waals surface area contributed by atoms with Gasteiger partial charge in [-0.25, -0.2) is 0 Å². The monoisotopic (exact) mass is 351 g/mol. The van der Waals surface area contributed by atoms with Crippen molar-refractivity contribution in [2.45, 2.75) is 44.7 Å². The van der Waals surface area contributed by atoms with Gasteiger partial charge in [-0.1, -0.05) is 12.1 Å². The zero-order chi connectivity index (χ0) is 16.4. The molecule has 0 bridgehead atoms. The van der Waals surface area contributed by atoms with E-state index in [1.54, 1.807) is 12.1 Å². The number of benzene rings is 1. The number of hydrogen-bond donors (Lipinski definition) is 2. The Hall–Kier alpha value is -1.92. The lowest BCUT2D eigenvalue weighted by Gasteiger charge is -2.14. The predicted molar refractivity (Wildman–Crippen MR) is 92.4 cm³/mol. The molecular weight excluding hydrogens is 330 g/mol. The highest BCUT2D eigenvalue weighted by Crippen LogP contribution is 2.25. The van der Waals surface area contributed by atoms with Crippen molar-refractivity contribution in [1.29, 1.82) is 0 Å². The fourth-order valence-electron chi connectivity index (χ4n) is 3.17. The maximum Gasteiger partial charge on any atom is 0.229 e. The highest BCUT2D eigenvalue weighted by molar-refractivity contribution is 6.01. The van der Waals surface area contributed by atoms with Crippen LogP contribution in [0.4, 0.5) is 5.69 Å². The molecule has 6 nitrogen and oxygen atoms in total. The van der Waals surface area contributed by atoms with Crippen LogP contribution in [0, 0.1) is 5.92 Å². The molecule has 130 valence electrons. The first kappa shape index (κ1) is 18.4. The Labute approximate surface area is 147 Å². The third-order valence-electron chi connectivity index (χ3n) is 4.56. The standard InChI is InChI=1S/C17H21N3O3.ClH/c18-13-4-3-12(9-13)17(23)19-14-5-1-11(2-6-14)10-20-15(21)7-8-16(20)22;/h1-2,5-6,12-13H,3-4,7-10,18H2,(H,19,23);1H. The van der Waals surface area contributed by atoms with Crippen LogP contribution in [0.2, 0.25) is 0 Å². The van der Waals surface area contributed by atoms with Gasteiger partial charge >= 0.3 is 0 Å². The van der Waals surface area contributed by atoms with Crippen LogP contribution in [-0.4, -0.2) is 28.7 Å². The number of nitrogens with one attached hydrogen (secondary N) is 1. The zero-order valence-electron chi connectivity index (χ0n) is 13.4. The Morgan fingerprint density at radius 3 is 2.29 bits per heavy atom. The summed E-state index contributed by atoms with van der Waals surface area (Å²) in [6, 6.07) is 7.38. The Bertz CT molecular complexity index is 616. The third kappa shape index (κ3) is 4.13. The number of carbonyl (C=O) groups is 3. The first-order valence-corrected chi connectivity index (χ1v) is 8.01. The second-order valence-corrected chi connectivity index (χ2v) is 6.33. The van der Waals surface area contributed by atoms with Gasteiger partial charge in [-0.05, 0) is 37.0 Å². The fraction of sp³-hybridized carbons (Fsp3) is 0.471. The number of anilines is 1. The summed E-state index contributed by atoms with van der Waals surface area (Å²) in [5.41, 5.74) is 7.43. The Morgan fingerprint density at radius 2 is 1.75 bits per heavy atom. The van der Waals surface area contributed by atoms with Gasteiger partial charge in [-0.2, -0.15) is 0 Å². The normalized spacial score (nSPS) is 23.3. The molecule has 3 rings (SSSR count). The molecule has 0 radical (unpaired) electrons. The van der Waals surface area contributed by atoms with Gasteiger partial charge in [0.25, 0.3) is 0 Å². The van der Waals surface area contributed by atoms with Crippen LogP contribution >= 0.6 is 12.4 Å². The largest absolute Gasteiger partial charge is 0.328 e. The molecule has 1 saturated heterocycles. The highest BCUT2D eigenvalue weighted by atomic mass is 35.5. The van der Waals surface area contributed by atoms with Crippen LogP contribution in [0.25, 0.3) is 0 Å². The average Bonchev–Trinajstić information content (AvgIpc) is 3.10. The summed E-state index contributed by atoms with van der Waals surface area (Å²) in [4.78, 5) is 36.7. The van der Waals surface area contributed by atoms with Gasteiger partial charge in [-0.15, -0.1) is 12.4 Å². The smallest absolute Gasteiger partial charge is 0.229 e. The van der Waals surface area contributed by atoms with Crippen LogP contribution in [0.15, 0.2) is 24.3 Å². The van der Waals surface area contributed by atoms with Gasteiger partial charge in [0.2, 0.25) is 17.7 Å². The number of hydrogen-bond acceptors (Lipinski definition) is 4. The second-order valence-electron chi connectivity index (χ2n) is 6.33. The molecule has 1 aliphatic carbocycles. The third-order valence-corrected chi connectivity index (χ3v) is 4.56. The summed E-state index contributed by atoms with van der Waals surface area (Å²) < 4.78 is 0. The maximum atomic E-state index is 12.1. The molecule has 1 aromatic carbocycles. The van der Waals surface area contributed by atoms with Crippen molar-refractivity contribution in [1.82, 2.24) is 4.90 Å². The molecule has 1 saturated carbocycles. The van der Waals surface area contributed by atoms with Crippen molar-refractivity contribution >= 4 is 35.8 Å². The number of carbonyl (C=O) groups excluding carboxylic acids is 3. The van der Waals surface area contributed by atoms with Gasteiger partial charge in [0.15, 0.2) is 0 Å². The molecule has 2 unspecified atom stereocenters. The van der Waals surface area contributed by atoms with Crippen LogP contribution in [0.5, 0.6) is 0 Å². The first-order valence-electron chi connectivity index (χ1n) is 8.01. The summed E-state index contributed by atoms with van der Waals surface area (Å²) in [7, 11) is 0. The van der Waals surface area contributed by atoms with Crippen molar-refractivity contribution < 1.29 is 14.4 Å². The van der Waals surface area contributed by atoms with Crippen LogP contribution in [0.3, 0.4) is 0 Å². The minimum Gasteiger partial charge on any atom is -0.328 e. The molecule has 7 heteroatoms. The van der Waals surface area contributed by atoms with Crippen molar-refractivity contribution in [3.8, 4) is 0 Å². The number of likely N-dealkylation sites (tertiary alicyclic amines) is 1. The Kier molecular flexibility index (Phi) is 5.96. The van der Waals surface area contributed by atoms with Crippen molar-refractivity contribution in [3.63, 3.8) is 0 Å². The molecule has 1 heterocycles. The first-order chi connectivity index (χ1) is 11.0.